The highest BCUT2D eigenvalue weighted by molar-refractivity contribution is 8.03. The van der Waals surface area contributed by atoms with E-state index in [-0.39, 0.29) is 0 Å². The fourth-order valence-electron chi connectivity index (χ4n) is 1.39. The lowest BCUT2D eigenvalue weighted by molar-refractivity contribution is -0.645. The van der Waals surface area contributed by atoms with E-state index in [2.05, 4.69) is 6.07 Å². The molecule has 1 heterocycles. The van der Waals surface area contributed by atoms with E-state index in [1.165, 1.54) is 6.20 Å². The summed E-state index contributed by atoms with van der Waals surface area (Å²) in [6.07, 6.45) is 3.18. The zero-order valence-electron chi connectivity index (χ0n) is 9.48. The van der Waals surface area contributed by atoms with Crippen molar-refractivity contribution in [2.75, 3.05) is 0 Å². The Balaban J connectivity index is 2.24. The number of allylic oxidation sites excluding steroid dienone is 1. The van der Waals surface area contributed by atoms with Crippen LogP contribution in [0.4, 0.5) is 0 Å². The van der Waals surface area contributed by atoms with Crippen LogP contribution in [0.15, 0.2) is 64.7 Å². The molecule has 0 saturated carbocycles. The lowest BCUT2D eigenvalue weighted by atomic mass is 10.2. The normalized spacial score (nSPS) is 10.9. The van der Waals surface area contributed by atoms with Gasteiger partial charge in [-0.3, -0.25) is 0 Å². The summed E-state index contributed by atoms with van der Waals surface area (Å²) in [5.74, 6) is 0. The van der Waals surface area contributed by atoms with E-state index in [1.807, 2.05) is 30.3 Å². The molecule has 0 aliphatic rings. The molecule has 2 rings (SSSR count). The van der Waals surface area contributed by atoms with Crippen molar-refractivity contribution in [1.29, 1.82) is 5.26 Å². The molecular formula is C14H10N2OS. The second kappa shape index (κ2) is 5.89. The minimum absolute atomic E-state index is 0.483. The van der Waals surface area contributed by atoms with Gasteiger partial charge in [-0.2, -0.15) is 9.99 Å². The lowest BCUT2D eigenvalue weighted by Crippen LogP contribution is -2.27. The maximum absolute atomic E-state index is 11.5. The van der Waals surface area contributed by atoms with Gasteiger partial charge in [-0.05, 0) is 29.5 Å². The number of thioether (sulfide) groups is 1. The minimum Gasteiger partial charge on any atom is -0.618 e. The van der Waals surface area contributed by atoms with Crippen LogP contribution < -0.4 is 4.73 Å². The number of pyridine rings is 1. The van der Waals surface area contributed by atoms with Crippen LogP contribution in [0.25, 0.3) is 6.08 Å². The number of benzene rings is 1. The molecule has 2 aromatic rings. The molecule has 88 valence electrons. The summed E-state index contributed by atoms with van der Waals surface area (Å²) in [5.41, 5.74) is 0.940. The van der Waals surface area contributed by atoms with Gasteiger partial charge in [0.25, 0.3) is 5.03 Å². The fourth-order valence-corrected chi connectivity index (χ4v) is 2.15. The smallest absolute Gasteiger partial charge is 0.256 e. The molecular weight excluding hydrogens is 244 g/mol. The maximum atomic E-state index is 11.5. The second-order valence-electron chi connectivity index (χ2n) is 3.50. The summed E-state index contributed by atoms with van der Waals surface area (Å²) in [4.78, 5) is 0.483. The zero-order chi connectivity index (χ0) is 12.8. The number of nitriles is 1. The SMILES string of the molecule is N#C/C(=C\c1ccccc1)Sc1cccc[n+]1[O-]. The molecule has 0 unspecified atom stereocenters. The Morgan fingerprint density at radius 3 is 2.56 bits per heavy atom. The van der Waals surface area contributed by atoms with E-state index in [4.69, 9.17) is 5.26 Å². The molecule has 4 heteroatoms. The van der Waals surface area contributed by atoms with E-state index in [0.717, 1.165) is 22.1 Å². The number of hydrogen-bond donors (Lipinski definition) is 0. The van der Waals surface area contributed by atoms with E-state index < -0.39 is 0 Å². The van der Waals surface area contributed by atoms with Crippen molar-refractivity contribution >= 4 is 17.8 Å². The van der Waals surface area contributed by atoms with Crippen molar-refractivity contribution in [3.05, 3.63) is 70.4 Å². The Hall–Kier alpha value is -2.25. The number of rotatable bonds is 3. The predicted molar refractivity (Wildman–Crippen MR) is 71.3 cm³/mol. The molecule has 1 aromatic carbocycles. The van der Waals surface area contributed by atoms with Crippen LogP contribution in [0.5, 0.6) is 0 Å². The highest BCUT2D eigenvalue weighted by Crippen LogP contribution is 2.24. The standard InChI is InChI=1S/C14H10N2OS/c15-11-13(10-12-6-2-1-3-7-12)18-14-8-4-5-9-16(14)17/h1-10H/b13-10+. The van der Waals surface area contributed by atoms with Crippen LogP contribution in [0.1, 0.15) is 5.56 Å². The van der Waals surface area contributed by atoms with E-state index >= 15 is 0 Å². The zero-order valence-corrected chi connectivity index (χ0v) is 10.3. The van der Waals surface area contributed by atoms with Crippen molar-refractivity contribution in [2.24, 2.45) is 0 Å². The van der Waals surface area contributed by atoms with E-state index in [9.17, 15) is 5.21 Å². The number of hydrogen-bond acceptors (Lipinski definition) is 3. The molecule has 0 radical (unpaired) electrons. The quantitative estimate of drug-likeness (QED) is 0.366. The summed E-state index contributed by atoms with van der Waals surface area (Å²) in [6.45, 7) is 0. The van der Waals surface area contributed by atoms with Gasteiger partial charge in [0.1, 0.15) is 6.07 Å². The highest BCUT2D eigenvalue weighted by Gasteiger charge is 2.08. The minimum atomic E-state index is 0.483. The Kier molecular flexibility index (Phi) is 4.00. The van der Waals surface area contributed by atoms with Gasteiger partial charge in [0.15, 0.2) is 6.20 Å². The first-order valence-electron chi connectivity index (χ1n) is 5.32. The largest absolute Gasteiger partial charge is 0.618 e. The number of nitrogens with zero attached hydrogens (tertiary/aromatic N) is 2. The third-order valence-corrected chi connectivity index (χ3v) is 3.16. The van der Waals surface area contributed by atoms with Crippen LogP contribution >= 0.6 is 11.8 Å². The van der Waals surface area contributed by atoms with Gasteiger partial charge in [-0.1, -0.05) is 30.3 Å². The molecule has 0 spiro atoms. The summed E-state index contributed by atoms with van der Waals surface area (Å²) in [5, 5.41) is 21.1. The molecule has 0 fully saturated rings. The lowest BCUT2D eigenvalue weighted by Gasteiger charge is -2.01. The second-order valence-corrected chi connectivity index (χ2v) is 4.56. The first-order valence-corrected chi connectivity index (χ1v) is 6.14. The topological polar surface area (TPSA) is 50.7 Å². The summed E-state index contributed by atoms with van der Waals surface area (Å²) in [6, 6.07) is 16.8. The van der Waals surface area contributed by atoms with Gasteiger partial charge in [0, 0.05) is 12.1 Å². The van der Waals surface area contributed by atoms with Crippen molar-refractivity contribution in [2.45, 2.75) is 5.03 Å². The highest BCUT2D eigenvalue weighted by atomic mass is 32.2. The molecule has 0 aliphatic heterocycles. The van der Waals surface area contributed by atoms with Gasteiger partial charge in [-0.15, -0.1) is 0 Å². The summed E-state index contributed by atoms with van der Waals surface area (Å²) < 4.78 is 0.751. The summed E-state index contributed by atoms with van der Waals surface area (Å²) >= 11 is 1.16. The van der Waals surface area contributed by atoms with Gasteiger partial charge >= 0.3 is 0 Å². The molecule has 0 atom stereocenters. The van der Waals surface area contributed by atoms with Crippen LogP contribution in [-0.4, -0.2) is 0 Å². The first-order chi connectivity index (χ1) is 8.79. The van der Waals surface area contributed by atoms with Crippen molar-refractivity contribution in [1.82, 2.24) is 0 Å². The van der Waals surface area contributed by atoms with Crippen LogP contribution in [0.2, 0.25) is 0 Å². The van der Waals surface area contributed by atoms with Gasteiger partial charge in [-0.25, -0.2) is 0 Å². The molecule has 1 aromatic heterocycles. The fraction of sp³-hybridized carbons (Fsp3) is 0. The van der Waals surface area contributed by atoms with Crippen LogP contribution in [0, 0.1) is 16.5 Å². The van der Waals surface area contributed by atoms with Crippen LogP contribution in [-0.2, 0) is 0 Å². The molecule has 3 nitrogen and oxygen atoms in total. The van der Waals surface area contributed by atoms with Gasteiger partial charge in [0.05, 0.1) is 4.91 Å². The predicted octanol–water partition coefficient (Wildman–Crippen LogP) is 2.98. The van der Waals surface area contributed by atoms with Crippen LogP contribution in [0.3, 0.4) is 0 Å². The Morgan fingerprint density at radius 1 is 1.17 bits per heavy atom. The molecule has 0 saturated heterocycles. The first kappa shape index (κ1) is 12.2. The Labute approximate surface area is 110 Å². The van der Waals surface area contributed by atoms with Crippen molar-refractivity contribution in [3.63, 3.8) is 0 Å². The van der Waals surface area contributed by atoms with Gasteiger partial charge < -0.3 is 5.21 Å². The Morgan fingerprint density at radius 2 is 1.89 bits per heavy atom. The molecule has 0 N–H and O–H groups in total. The van der Waals surface area contributed by atoms with Gasteiger partial charge in [0.2, 0.25) is 0 Å². The average Bonchev–Trinajstić information content (AvgIpc) is 2.41. The van der Waals surface area contributed by atoms with Crippen molar-refractivity contribution in [3.8, 4) is 6.07 Å². The van der Waals surface area contributed by atoms with E-state index in [1.54, 1.807) is 24.3 Å². The summed E-state index contributed by atoms with van der Waals surface area (Å²) in [7, 11) is 0. The van der Waals surface area contributed by atoms with Crippen molar-refractivity contribution < 1.29 is 4.73 Å². The Bertz CT molecular complexity index is 603. The molecule has 0 amide bonds. The molecule has 0 aliphatic carbocycles. The maximum Gasteiger partial charge on any atom is 0.256 e. The number of aromatic nitrogens is 1. The third kappa shape index (κ3) is 3.12. The molecule has 18 heavy (non-hydrogen) atoms. The third-order valence-electron chi connectivity index (χ3n) is 2.21. The van der Waals surface area contributed by atoms with E-state index in [0.29, 0.717) is 9.93 Å². The molecule has 0 bridgehead atoms. The average molecular weight is 254 g/mol. The monoisotopic (exact) mass is 254 g/mol.